The van der Waals surface area contributed by atoms with Crippen LogP contribution >= 0.6 is 0 Å². The molecule has 4 heterocycles. The van der Waals surface area contributed by atoms with Crippen molar-refractivity contribution in [3.8, 4) is 5.75 Å². The van der Waals surface area contributed by atoms with Gasteiger partial charge in [0.15, 0.2) is 0 Å². The lowest BCUT2D eigenvalue weighted by Gasteiger charge is -2.42. The van der Waals surface area contributed by atoms with Crippen molar-refractivity contribution in [3.05, 3.63) is 88.1 Å². The molecule has 1 saturated heterocycles. The minimum Gasteiger partial charge on any atom is -0.497 e. The Hall–Kier alpha value is -3.94. The fourth-order valence-corrected chi connectivity index (χ4v) is 4.98. The molecule has 2 aromatic heterocycles. The molecule has 1 aromatic carbocycles. The second-order valence-electron chi connectivity index (χ2n) is 8.88. The van der Waals surface area contributed by atoms with Gasteiger partial charge in [-0.25, -0.2) is 0 Å². The van der Waals surface area contributed by atoms with Gasteiger partial charge >= 0.3 is 0 Å². The van der Waals surface area contributed by atoms with Crippen LogP contribution in [0.1, 0.15) is 34.1 Å². The third-order valence-electron chi connectivity index (χ3n) is 6.57. The fraction of sp³-hybridized carbons (Fsp3) is 0.308. The van der Waals surface area contributed by atoms with Crippen LogP contribution in [0.4, 0.5) is 5.69 Å². The van der Waals surface area contributed by atoms with Crippen molar-refractivity contribution in [3.63, 3.8) is 0 Å². The monoisotopic (exact) mass is 458 g/mol. The number of hydrogen-bond acceptors (Lipinski definition) is 5. The number of nitrogens with zero attached hydrogens (tertiary/aromatic N) is 3. The molecule has 2 aliphatic heterocycles. The summed E-state index contributed by atoms with van der Waals surface area (Å²) < 4.78 is 6.91. The van der Waals surface area contributed by atoms with E-state index in [1.807, 2.05) is 29.2 Å². The number of likely N-dealkylation sites (tertiary alicyclic amines) is 1. The number of piperidine rings is 1. The molecule has 0 unspecified atom stereocenters. The third kappa shape index (κ3) is 4.31. The summed E-state index contributed by atoms with van der Waals surface area (Å²) in [7, 11) is 1.59. The Morgan fingerprint density at radius 3 is 2.62 bits per heavy atom. The van der Waals surface area contributed by atoms with Crippen LogP contribution in [0.5, 0.6) is 5.75 Å². The molecule has 174 valence electrons. The first-order chi connectivity index (χ1) is 16.5. The number of anilines is 1. The summed E-state index contributed by atoms with van der Waals surface area (Å²) >= 11 is 0. The summed E-state index contributed by atoms with van der Waals surface area (Å²) in [4.78, 5) is 44.7. The van der Waals surface area contributed by atoms with Gasteiger partial charge in [0.2, 0.25) is 5.91 Å². The molecule has 1 fully saturated rings. The quantitative estimate of drug-likeness (QED) is 0.635. The number of ether oxygens (including phenoxy) is 1. The van der Waals surface area contributed by atoms with Crippen molar-refractivity contribution < 1.29 is 14.3 Å². The first-order valence-corrected chi connectivity index (χ1v) is 11.4. The van der Waals surface area contributed by atoms with Crippen molar-refractivity contribution >= 4 is 17.5 Å². The zero-order valence-electron chi connectivity index (χ0n) is 18.9. The number of carbonyl (C=O) groups excluding carboxylic acids is 2. The molecule has 34 heavy (non-hydrogen) atoms. The predicted molar refractivity (Wildman–Crippen MR) is 127 cm³/mol. The Kier molecular flexibility index (Phi) is 5.88. The maximum atomic E-state index is 13.2. The van der Waals surface area contributed by atoms with Crippen LogP contribution in [0, 0.1) is 5.92 Å². The number of nitrogens with one attached hydrogen (secondary N) is 1. The van der Waals surface area contributed by atoms with Gasteiger partial charge in [0.05, 0.1) is 13.5 Å². The summed E-state index contributed by atoms with van der Waals surface area (Å²) in [5.41, 5.74) is 2.27. The maximum absolute atomic E-state index is 13.2. The van der Waals surface area contributed by atoms with E-state index < -0.39 is 0 Å². The molecule has 2 atom stereocenters. The molecule has 8 heteroatoms. The number of hydrogen-bond donors (Lipinski definition) is 1. The van der Waals surface area contributed by atoms with E-state index in [1.165, 1.54) is 0 Å². The van der Waals surface area contributed by atoms with Crippen LogP contribution in [0.3, 0.4) is 0 Å². The Morgan fingerprint density at radius 1 is 1.06 bits per heavy atom. The number of aromatic nitrogens is 2. The summed E-state index contributed by atoms with van der Waals surface area (Å²) in [6, 6.07) is 16.2. The SMILES string of the molecule is COc1ccc(CC(=O)Nc2ccc3n(c2=O)C[C@@H]2C[C@@H]3CN(C(=O)c3ccccn3)C2)cc1. The molecule has 2 amide bonds. The minimum absolute atomic E-state index is 0.0755. The fourth-order valence-electron chi connectivity index (χ4n) is 4.98. The molecular formula is C26H26N4O4. The van der Waals surface area contributed by atoms with E-state index in [1.54, 1.807) is 48.2 Å². The highest BCUT2D eigenvalue weighted by atomic mass is 16.5. The highest BCUT2D eigenvalue weighted by Gasteiger charge is 2.37. The summed E-state index contributed by atoms with van der Waals surface area (Å²) in [6.07, 6.45) is 2.73. The molecule has 0 spiro atoms. The van der Waals surface area contributed by atoms with Crippen LogP contribution in [0.2, 0.25) is 0 Å². The highest BCUT2D eigenvalue weighted by Crippen LogP contribution is 2.35. The zero-order valence-corrected chi connectivity index (χ0v) is 18.9. The topological polar surface area (TPSA) is 93.5 Å². The second-order valence-corrected chi connectivity index (χ2v) is 8.88. The van der Waals surface area contributed by atoms with Gasteiger partial charge < -0.3 is 19.5 Å². The maximum Gasteiger partial charge on any atom is 0.274 e. The molecular weight excluding hydrogens is 432 g/mol. The smallest absolute Gasteiger partial charge is 0.274 e. The van der Waals surface area contributed by atoms with Crippen molar-refractivity contribution in [1.82, 2.24) is 14.5 Å². The van der Waals surface area contributed by atoms with Gasteiger partial charge in [-0.05, 0) is 54.3 Å². The van der Waals surface area contributed by atoms with Gasteiger partial charge in [0.1, 0.15) is 17.1 Å². The molecule has 8 nitrogen and oxygen atoms in total. The Labute approximate surface area is 197 Å². The van der Waals surface area contributed by atoms with Crippen molar-refractivity contribution in [2.24, 2.45) is 5.92 Å². The molecule has 0 radical (unpaired) electrons. The normalized spacial score (nSPS) is 18.7. The van der Waals surface area contributed by atoms with E-state index in [9.17, 15) is 14.4 Å². The van der Waals surface area contributed by atoms with Gasteiger partial charge in [-0.1, -0.05) is 18.2 Å². The van der Waals surface area contributed by atoms with Gasteiger partial charge in [-0.2, -0.15) is 0 Å². The first-order valence-electron chi connectivity index (χ1n) is 11.4. The van der Waals surface area contributed by atoms with Gasteiger partial charge in [0.25, 0.3) is 11.5 Å². The number of benzene rings is 1. The lowest BCUT2D eigenvalue weighted by Crippen LogP contribution is -2.49. The molecule has 3 aromatic rings. The summed E-state index contributed by atoms with van der Waals surface area (Å²) in [5.74, 6) is 0.668. The van der Waals surface area contributed by atoms with E-state index in [4.69, 9.17) is 4.74 Å². The van der Waals surface area contributed by atoms with Crippen molar-refractivity contribution in [1.29, 1.82) is 0 Å². The number of methoxy groups -OCH3 is 1. The minimum atomic E-state index is -0.244. The van der Waals surface area contributed by atoms with Crippen LogP contribution in [0.25, 0.3) is 0 Å². The molecule has 2 bridgehead atoms. The number of carbonyl (C=O) groups is 2. The predicted octanol–water partition coefficient (Wildman–Crippen LogP) is 2.69. The van der Waals surface area contributed by atoms with Gasteiger partial charge in [0, 0.05) is 37.4 Å². The largest absolute Gasteiger partial charge is 0.497 e. The Bertz CT molecular complexity index is 1270. The molecule has 0 aliphatic carbocycles. The summed E-state index contributed by atoms with van der Waals surface area (Å²) in [5, 5.41) is 2.78. The van der Waals surface area contributed by atoms with E-state index in [0.717, 1.165) is 23.4 Å². The average molecular weight is 459 g/mol. The van der Waals surface area contributed by atoms with Crippen molar-refractivity contribution in [2.75, 3.05) is 25.5 Å². The molecule has 2 aliphatic rings. The van der Waals surface area contributed by atoms with E-state index in [2.05, 4.69) is 10.3 Å². The Morgan fingerprint density at radius 2 is 1.88 bits per heavy atom. The number of rotatable bonds is 5. The lowest BCUT2D eigenvalue weighted by molar-refractivity contribution is -0.115. The number of pyridine rings is 2. The van der Waals surface area contributed by atoms with E-state index in [-0.39, 0.29) is 41.3 Å². The van der Waals surface area contributed by atoms with Gasteiger partial charge in [-0.15, -0.1) is 0 Å². The van der Waals surface area contributed by atoms with E-state index >= 15 is 0 Å². The zero-order chi connectivity index (χ0) is 23.7. The molecule has 0 saturated carbocycles. The lowest BCUT2D eigenvalue weighted by atomic mass is 9.83. The van der Waals surface area contributed by atoms with Crippen LogP contribution < -0.4 is 15.6 Å². The highest BCUT2D eigenvalue weighted by molar-refractivity contribution is 5.93. The summed E-state index contributed by atoms with van der Waals surface area (Å²) in [6.45, 7) is 1.67. The van der Waals surface area contributed by atoms with Crippen LogP contribution in [-0.4, -0.2) is 46.5 Å². The standard InChI is InChI=1S/C26H26N4O4/c1-34-20-7-5-17(6-8-20)13-24(31)28-22-9-10-23-19-12-18(15-30(23)26(22)33)14-29(16-19)25(32)21-4-2-3-11-27-21/h2-11,18-19H,12-16H2,1H3,(H,28,31)/t18-,19-/m1/s1. The number of amides is 2. The van der Waals surface area contributed by atoms with Gasteiger partial charge in [-0.3, -0.25) is 19.4 Å². The van der Waals surface area contributed by atoms with Crippen molar-refractivity contribution in [2.45, 2.75) is 25.3 Å². The van der Waals surface area contributed by atoms with E-state index in [0.29, 0.717) is 25.3 Å². The van der Waals surface area contributed by atoms with Crippen LogP contribution in [-0.2, 0) is 17.8 Å². The first kappa shape index (κ1) is 21.9. The average Bonchev–Trinajstić information content (AvgIpc) is 2.86. The molecule has 1 N–H and O–H groups in total. The number of fused-ring (bicyclic) bond motifs is 4. The second kappa shape index (κ2) is 9.13. The third-order valence-corrected chi connectivity index (χ3v) is 6.57. The van der Waals surface area contributed by atoms with Crippen LogP contribution in [0.15, 0.2) is 65.6 Å². The molecule has 5 rings (SSSR count). The Balaban J connectivity index is 1.31.